The molecular weight excluding hydrogens is 320 g/mol. The summed E-state index contributed by atoms with van der Waals surface area (Å²) in [5.41, 5.74) is 3.88. The fourth-order valence-corrected chi connectivity index (χ4v) is 2.75. The Morgan fingerprint density at radius 2 is 1.79 bits per heavy atom. The first-order valence-electron chi connectivity index (χ1n) is 8.15. The van der Waals surface area contributed by atoms with Gasteiger partial charge < -0.3 is 10.2 Å². The van der Waals surface area contributed by atoms with Crippen LogP contribution in [0.25, 0.3) is 0 Å². The van der Waals surface area contributed by atoms with Crippen molar-refractivity contribution < 1.29 is 4.79 Å². The molecule has 0 radical (unpaired) electrons. The van der Waals surface area contributed by atoms with Gasteiger partial charge in [0.2, 0.25) is 0 Å². The van der Waals surface area contributed by atoms with Crippen molar-refractivity contribution in [3.8, 4) is 0 Å². The highest BCUT2D eigenvalue weighted by Gasteiger charge is 2.17. The molecular formula is C20H25ClN2O. The van der Waals surface area contributed by atoms with Crippen LogP contribution in [0.15, 0.2) is 42.5 Å². The fourth-order valence-electron chi connectivity index (χ4n) is 2.62. The molecule has 1 N–H and O–H groups in total. The van der Waals surface area contributed by atoms with Crippen LogP contribution in [0.1, 0.15) is 39.5 Å². The summed E-state index contributed by atoms with van der Waals surface area (Å²) in [6.07, 6.45) is 0.839. The van der Waals surface area contributed by atoms with E-state index in [1.165, 1.54) is 0 Å². The van der Waals surface area contributed by atoms with Crippen LogP contribution in [0.2, 0.25) is 5.02 Å². The van der Waals surface area contributed by atoms with Crippen LogP contribution in [-0.4, -0.2) is 31.4 Å². The van der Waals surface area contributed by atoms with E-state index in [4.69, 9.17) is 11.6 Å². The molecule has 2 aromatic rings. The first-order chi connectivity index (χ1) is 11.4. The van der Waals surface area contributed by atoms with Crippen LogP contribution < -0.4 is 5.32 Å². The van der Waals surface area contributed by atoms with Gasteiger partial charge in [-0.25, -0.2) is 0 Å². The molecule has 0 aliphatic heterocycles. The van der Waals surface area contributed by atoms with Crippen molar-refractivity contribution in [2.24, 2.45) is 0 Å². The van der Waals surface area contributed by atoms with Crippen LogP contribution >= 0.6 is 11.6 Å². The van der Waals surface area contributed by atoms with E-state index >= 15 is 0 Å². The minimum Gasteiger partial charge on any atom is -0.345 e. The van der Waals surface area contributed by atoms with Gasteiger partial charge in [0, 0.05) is 10.6 Å². The largest absolute Gasteiger partial charge is 0.345 e. The van der Waals surface area contributed by atoms with E-state index < -0.39 is 0 Å². The van der Waals surface area contributed by atoms with Gasteiger partial charge in [-0.15, -0.1) is 0 Å². The molecule has 0 spiro atoms. The molecule has 2 aromatic carbocycles. The number of halogens is 1. The molecule has 0 aliphatic carbocycles. The van der Waals surface area contributed by atoms with Gasteiger partial charge in [0.1, 0.15) is 0 Å². The summed E-state index contributed by atoms with van der Waals surface area (Å²) >= 11 is 5.99. The highest BCUT2D eigenvalue weighted by atomic mass is 35.5. The molecule has 0 heterocycles. The van der Waals surface area contributed by atoms with Gasteiger partial charge in [0.05, 0.1) is 6.04 Å². The highest BCUT2D eigenvalue weighted by Crippen LogP contribution is 2.21. The molecule has 2 rings (SSSR count). The number of rotatable bonds is 6. The SMILES string of the molecule is Cc1ccc(C)c(C(=O)NC(CCN(C)C)c2ccc(Cl)cc2)c1. The van der Waals surface area contributed by atoms with E-state index in [1.807, 2.05) is 70.4 Å². The van der Waals surface area contributed by atoms with Crippen LogP contribution in [-0.2, 0) is 0 Å². The normalized spacial score (nSPS) is 12.2. The molecule has 1 unspecified atom stereocenters. The van der Waals surface area contributed by atoms with Gasteiger partial charge in [-0.05, 0) is 70.2 Å². The molecule has 0 fully saturated rings. The zero-order valence-corrected chi connectivity index (χ0v) is 15.5. The number of amides is 1. The van der Waals surface area contributed by atoms with Crippen molar-refractivity contribution in [3.63, 3.8) is 0 Å². The lowest BCUT2D eigenvalue weighted by atomic mass is 10.0. The average Bonchev–Trinajstić information content (AvgIpc) is 2.54. The van der Waals surface area contributed by atoms with E-state index in [-0.39, 0.29) is 11.9 Å². The molecule has 128 valence electrons. The second kappa shape index (κ2) is 8.32. The quantitative estimate of drug-likeness (QED) is 0.843. The van der Waals surface area contributed by atoms with Crippen LogP contribution in [0, 0.1) is 13.8 Å². The third-order valence-electron chi connectivity index (χ3n) is 4.08. The van der Waals surface area contributed by atoms with Crippen LogP contribution in [0.3, 0.4) is 0 Å². The maximum Gasteiger partial charge on any atom is 0.252 e. The van der Waals surface area contributed by atoms with E-state index in [0.29, 0.717) is 5.02 Å². The topological polar surface area (TPSA) is 32.3 Å². The third kappa shape index (κ3) is 5.08. The van der Waals surface area contributed by atoms with Crippen molar-refractivity contribution in [1.82, 2.24) is 10.2 Å². The van der Waals surface area contributed by atoms with Crippen molar-refractivity contribution in [2.75, 3.05) is 20.6 Å². The van der Waals surface area contributed by atoms with Gasteiger partial charge >= 0.3 is 0 Å². The van der Waals surface area contributed by atoms with E-state index in [1.54, 1.807) is 0 Å². The molecule has 24 heavy (non-hydrogen) atoms. The smallest absolute Gasteiger partial charge is 0.252 e. The predicted molar refractivity (Wildman–Crippen MR) is 101 cm³/mol. The summed E-state index contributed by atoms with van der Waals surface area (Å²) in [6, 6.07) is 13.6. The standard InChI is InChI=1S/C20H25ClN2O/c1-14-5-6-15(2)18(13-14)20(24)22-19(11-12-23(3)4)16-7-9-17(21)10-8-16/h5-10,13,19H,11-12H2,1-4H3,(H,22,24). The predicted octanol–water partition coefficient (Wildman–Crippen LogP) is 4.38. The Kier molecular flexibility index (Phi) is 6.41. The monoisotopic (exact) mass is 344 g/mol. The number of hydrogen-bond acceptors (Lipinski definition) is 2. The zero-order chi connectivity index (χ0) is 17.7. The minimum absolute atomic E-state index is 0.0325. The molecule has 0 saturated carbocycles. The van der Waals surface area contributed by atoms with E-state index in [2.05, 4.69) is 10.2 Å². The number of nitrogens with one attached hydrogen (secondary N) is 1. The Bertz CT molecular complexity index is 695. The van der Waals surface area contributed by atoms with Crippen molar-refractivity contribution in [2.45, 2.75) is 26.3 Å². The summed E-state index contributed by atoms with van der Waals surface area (Å²) < 4.78 is 0. The van der Waals surface area contributed by atoms with Crippen molar-refractivity contribution in [1.29, 1.82) is 0 Å². The number of carbonyl (C=O) groups is 1. The summed E-state index contributed by atoms with van der Waals surface area (Å²) in [6.45, 7) is 4.85. The lowest BCUT2D eigenvalue weighted by Crippen LogP contribution is -2.31. The number of hydrogen-bond donors (Lipinski definition) is 1. The number of benzene rings is 2. The Morgan fingerprint density at radius 1 is 1.12 bits per heavy atom. The maximum atomic E-state index is 12.8. The van der Waals surface area contributed by atoms with Gasteiger partial charge in [-0.2, -0.15) is 0 Å². The second-order valence-corrected chi connectivity index (χ2v) is 6.92. The van der Waals surface area contributed by atoms with Gasteiger partial charge in [-0.3, -0.25) is 4.79 Å². The summed E-state index contributed by atoms with van der Waals surface area (Å²) in [4.78, 5) is 14.9. The third-order valence-corrected chi connectivity index (χ3v) is 4.33. The lowest BCUT2D eigenvalue weighted by Gasteiger charge is -2.22. The molecule has 0 aromatic heterocycles. The summed E-state index contributed by atoms with van der Waals surface area (Å²) in [5.74, 6) is -0.0325. The Labute approximate surface area is 149 Å². The highest BCUT2D eigenvalue weighted by molar-refractivity contribution is 6.30. The Hall–Kier alpha value is -1.84. The summed E-state index contributed by atoms with van der Waals surface area (Å²) in [5, 5.41) is 3.88. The average molecular weight is 345 g/mol. The molecule has 0 aliphatic rings. The van der Waals surface area contributed by atoms with Crippen molar-refractivity contribution in [3.05, 3.63) is 69.7 Å². The van der Waals surface area contributed by atoms with Crippen LogP contribution in [0.4, 0.5) is 0 Å². The molecule has 3 nitrogen and oxygen atoms in total. The molecule has 1 amide bonds. The molecule has 1 atom stereocenters. The minimum atomic E-state index is -0.0444. The molecule has 0 saturated heterocycles. The second-order valence-electron chi connectivity index (χ2n) is 6.49. The first kappa shape index (κ1) is 18.5. The van der Waals surface area contributed by atoms with Gasteiger partial charge in [0.15, 0.2) is 0 Å². The van der Waals surface area contributed by atoms with E-state index in [0.717, 1.165) is 35.2 Å². The number of carbonyl (C=O) groups excluding carboxylic acids is 1. The number of aryl methyl sites for hydroxylation is 2. The first-order valence-corrected chi connectivity index (χ1v) is 8.53. The van der Waals surface area contributed by atoms with Crippen LogP contribution in [0.5, 0.6) is 0 Å². The molecule has 4 heteroatoms. The Balaban J connectivity index is 2.22. The maximum absolute atomic E-state index is 12.8. The Morgan fingerprint density at radius 3 is 2.42 bits per heavy atom. The lowest BCUT2D eigenvalue weighted by molar-refractivity contribution is 0.0932. The molecule has 0 bridgehead atoms. The van der Waals surface area contributed by atoms with Crippen molar-refractivity contribution >= 4 is 17.5 Å². The summed E-state index contributed by atoms with van der Waals surface area (Å²) in [7, 11) is 4.07. The fraction of sp³-hybridized carbons (Fsp3) is 0.350. The van der Waals surface area contributed by atoms with Gasteiger partial charge in [0.25, 0.3) is 5.91 Å². The van der Waals surface area contributed by atoms with E-state index in [9.17, 15) is 4.79 Å². The zero-order valence-electron chi connectivity index (χ0n) is 14.8. The number of nitrogens with zero attached hydrogens (tertiary/aromatic N) is 1. The van der Waals surface area contributed by atoms with Gasteiger partial charge in [-0.1, -0.05) is 41.4 Å².